The lowest BCUT2D eigenvalue weighted by Crippen LogP contribution is -2.41. The van der Waals surface area contributed by atoms with Gasteiger partial charge in [-0.15, -0.1) is 11.7 Å². The van der Waals surface area contributed by atoms with Gasteiger partial charge in [-0.1, -0.05) is 32.1 Å². The molecule has 0 spiro atoms. The van der Waals surface area contributed by atoms with Crippen LogP contribution in [0.1, 0.15) is 49.1 Å². The maximum absolute atomic E-state index is 14.1. The molecule has 0 saturated heterocycles. The van der Waals surface area contributed by atoms with Crippen molar-refractivity contribution in [3.05, 3.63) is 54.4 Å². The number of hydrogen-bond acceptors (Lipinski definition) is 4. The molecule has 0 fully saturated rings. The minimum absolute atomic E-state index is 0.125. The van der Waals surface area contributed by atoms with Gasteiger partial charge in [-0.05, 0) is 25.0 Å². The zero-order valence-corrected chi connectivity index (χ0v) is 14.6. The molecular weight excluding hydrogens is 339 g/mol. The summed E-state index contributed by atoms with van der Waals surface area (Å²) in [5.74, 6) is -2.31. The topological polar surface area (TPSA) is 97.1 Å². The summed E-state index contributed by atoms with van der Waals surface area (Å²) in [6.45, 7) is 7.22. The maximum atomic E-state index is 14.1. The third kappa shape index (κ3) is 4.33. The van der Waals surface area contributed by atoms with E-state index in [9.17, 15) is 19.1 Å². The first-order valence-electron chi connectivity index (χ1n) is 8.21. The average Bonchev–Trinajstić information content (AvgIpc) is 3.04. The van der Waals surface area contributed by atoms with Crippen molar-refractivity contribution >= 4 is 11.9 Å². The van der Waals surface area contributed by atoms with E-state index in [0.717, 1.165) is 0 Å². The molecule has 1 aromatic heterocycles. The highest BCUT2D eigenvalue weighted by Crippen LogP contribution is 2.19. The van der Waals surface area contributed by atoms with E-state index < -0.39 is 23.7 Å². The Balaban J connectivity index is 2.34. The number of allylic oxidation sites excluding steroid dienone is 1. The lowest BCUT2D eigenvalue weighted by Gasteiger charge is -2.11. The van der Waals surface area contributed by atoms with Crippen LogP contribution in [-0.4, -0.2) is 37.8 Å². The Morgan fingerprint density at radius 3 is 2.65 bits per heavy atom. The molecule has 7 nitrogen and oxygen atoms in total. The highest BCUT2D eigenvalue weighted by Gasteiger charge is 2.25. The van der Waals surface area contributed by atoms with E-state index in [1.807, 2.05) is 13.8 Å². The molecule has 2 rings (SSSR count). The number of amides is 1. The van der Waals surface area contributed by atoms with Crippen molar-refractivity contribution in [3.63, 3.8) is 0 Å². The standard InChI is InChI=1S/C18H21FN4O3/c1-4-5-9-13(18(25)26)20-17(24)15-21-16(11(2)3)23(22-15)14-10-7-6-8-12(14)19/h4,6-8,10-11,13H,1,5,9H2,2-3H3,(H,20,24)(H,25,26). The molecule has 1 heterocycles. The molecule has 0 saturated carbocycles. The molecule has 0 aliphatic carbocycles. The number of carbonyl (C=O) groups excluding carboxylic acids is 1. The van der Waals surface area contributed by atoms with E-state index in [1.165, 1.54) is 16.8 Å². The Labute approximate surface area is 150 Å². The van der Waals surface area contributed by atoms with Gasteiger partial charge in [-0.3, -0.25) is 4.79 Å². The Hall–Kier alpha value is -3.03. The summed E-state index contributed by atoms with van der Waals surface area (Å²) in [6, 6.07) is 4.94. The van der Waals surface area contributed by atoms with Crippen LogP contribution >= 0.6 is 0 Å². The smallest absolute Gasteiger partial charge is 0.326 e. The highest BCUT2D eigenvalue weighted by atomic mass is 19.1. The fraction of sp³-hybridized carbons (Fsp3) is 0.333. The number of carboxylic acids is 1. The monoisotopic (exact) mass is 360 g/mol. The van der Waals surface area contributed by atoms with E-state index in [-0.39, 0.29) is 23.9 Å². The van der Waals surface area contributed by atoms with Crippen LogP contribution in [0.4, 0.5) is 4.39 Å². The number of carbonyl (C=O) groups is 2. The van der Waals surface area contributed by atoms with Gasteiger partial charge in [0.05, 0.1) is 0 Å². The molecule has 0 bridgehead atoms. The summed E-state index contributed by atoms with van der Waals surface area (Å²) in [5, 5.41) is 15.7. The molecule has 26 heavy (non-hydrogen) atoms. The van der Waals surface area contributed by atoms with Gasteiger partial charge in [0.25, 0.3) is 5.91 Å². The van der Waals surface area contributed by atoms with Gasteiger partial charge in [-0.25, -0.2) is 18.9 Å². The molecule has 2 aromatic rings. The molecule has 1 unspecified atom stereocenters. The molecule has 1 atom stereocenters. The van der Waals surface area contributed by atoms with Crippen molar-refractivity contribution in [2.45, 2.75) is 38.6 Å². The quantitative estimate of drug-likeness (QED) is 0.706. The fourth-order valence-corrected chi connectivity index (χ4v) is 2.36. The predicted octanol–water partition coefficient (Wildman–Crippen LogP) is 2.68. The molecule has 0 radical (unpaired) electrons. The van der Waals surface area contributed by atoms with Crippen LogP contribution in [0.3, 0.4) is 0 Å². The normalized spacial score (nSPS) is 12.0. The van der Waals surface area contributed by atoms with Crippen molar-refractivity contribution in [3.8, 4) is 5.69 Å². The number of nitrogens with one attached hydrogen (secondary N) is 1. The van der Waals surface area contributed by atoms with Gasteiger partial charge < -0.3 is 10.4 Å². The summed E-state index contributed by atoms with van der Waals surface area (Å²) in [5.41, 5.74) is 0.171. The fourth-order valence-electron chi connectivity index (χ4n) is 2.36. The molecule has 8 heteroatoms. The zero-order chi connectivity index (χ0) is 19.3. The molecule has 1 amide bonds. The Kier molecular flexibility index (Phi) is 6.21. The van der Waals surface area contributed by atoms with Crippen molar-refractivity contribution in [2.24, 2.45) is 0 Å². The second-order valence-corrected chi connectivity index (χ2v) is 6.04. The molecule has 1 aromatic carbocycles. The van der Waals surface area contributed by atoms with Gasteiger partial charge in [0, 0.05) is 5.92 Å². The molecule has 0 aliphatic rings. The van der Waals surface area contributed by atoms with E-state index in [0.29, 0.717) is 12.2 Å². The first kappa shape index (κ1) is 19.3. The summed E-state index contributed by atoms with van der Waals surface area (Å²) in [6.07, 6.45) is 2.21. The van der Waals surface area contributed by atoms with Crippen LogP contribution in [-0.2, 0) is 4.79 Å². The number of halogens is 1. The minimum Gasteiger partial charge on any atom is -0.480 e. The Morgan fingerprint density at radius 2 is 2.08 bits per heavy atom. The maximum Gasteiger partial charge on any atom is 0.326 e. The SMILES string of the molecule is C=CCCC(NC(=O)c1nc(C(C)C)n(-c2ccccc2F)n1)C(=O)O. The summed E-state index contributed by atoms with van der Waals surface area (Å²) >= 11 is 0. The largest absolute Gasteiger partial charge is 0.480 e. The number of aromatic nitrogens is 3. The zero-order valence-electron chi connectivity index (χ0n) is 14.6. The van der Waals surface area contributed by atoms with E-state index in [4.69, 9.17) is 0 Å². The number of hydrogen-bond donors (Lipinski definition) is 2. The minimum atomic E-state index is -1.15. The first-order valence-corrected chi connectivity index (χ1v) is 8.21. The second kappa shape index (κ2) is 8.37. The van der Waals surface area contributed by atoms with Crippen molar-refractivity contribution in [2.75, 3.05) is 0 Å². The van der Waals surface area contributed by atoms with Crippen molar-refractivity contribution in [1.82, 2.24) is 20.1 Å². The van der Waals surface area contributed by atoms with Crippen molar-refractivity contribution in [1.29, 1.82) is 0 Å². The van der Waals surface area contributed by atoms with Gasteiger partial charge >= 0.3 is 5.97 Å². The van der Waals surface area contributed by atoms with Crippen LogP contribution in [0.25, 0.3) is 5.69 Å². The van der Waals surface area contributed by atoms with Gasteiger partial charge in [0.1, 0.15) is 23.4 Å². The Bertz CT molecular complexity index is 817. The summed E-state index contributed by atoms with van der Waals surface area (Å²) < 4.78 is 15.4. The second-order valence-electron chi connectivity index (χ2n) is 6.04. The van der Waals surface area contributed by atoms with Gasteiger partial charge in [-0.2, -0.15) is 0 Å². The first-order chi connectivity index (χ1) is 12.3. The summed E-state index contributed by atoms with van der Waals surface area (Å²) in [7, 11) is 0. The number of carboxylic acid groups (broad SMARTS) is 1. The average molecular weight is 360 g/mol. The molecule has 138 valence electrons. The number of benzene rings is 1. The van der Waals surface area contributed by atoms with Crippen LogP contribution in [0.15, 0.2) is 36.9 Å². The predicted molar refractivity (Wildman–Crippen MR) is 93.7 cm³/mol. The van der Waals surface area contributed by atoms with E-state index in [1.54, 1.807) is 18.2 Å². The van der Waals surface area contributed by atoms with E-state index >= 15 is 0 Å². The Morgan fingerprint density at radius 1 is 1.38 bits per heavy atom. The van der Waals surface area contributed by atoms with Crippen LogP contribution < -0.4 is 5.32 Å². The van der Waals surface area contributed by atoms with Crippen LogP contribution in [0.2, 0.25) is 0 Å². The third-order valence-electron chi connectivity index (χ3n) is 3.70. The van der Waals surface area contributed by atoms with Crippen molar-refractivity contribution < 1.29 is 19.1 Å². The van der Waals surface area contributed by atoms with Crippen LogP contribution in [0, 0.1) is 5.82 Å². The number of rotatable bonds is 8. The molecule has 0 aliphatic heterocycles. The third-order valence-corrected chi connectivity index (χ3v) is 3.70. The molecular formula is C18H21FN4O3. The highest BCUT2D eigenvalue weighted by molar-refractivity contribution is 5.93. The lowest BCUT2D eigenvalue weighted by atomic mass is 10.1. The van der Waals surface area contributed by atoms with Gasteiger partial charge in [0.2, 0.25) is 5.82 Å². The summed E-state index contributed by atoms with van der Waals surface area (Å²) in [4.78, 5) is 27.8. The number of para-hydroxylation sites is 1. The number of aliphatic carboxylic acids is 1. The van der Waals surface area contributed by atoms with E-state index in [2.05, 4.69) is 22.0 Å². The van der Waals surface area contributed by atoms with Gasteiger partial charge in [0.15, 0.2) is 0 Å². The molecule has 2 N–H and O–H groups in total. The van der Waals surface area contributed by atoms with Crippen LogP contribution in [0.5, 0.6) is 0 Å². The number of nitrogens with zero attached hydrogens (tertiary/aromatic N) is 3. The lowest BCUT2D eigenvalue weighted by molar-refractivity contribution is -0.139.